The van der Waals surface area contributed by atoms with Gasteiger partial charge in [-0.25, -0.2) is 13.8 Å². The number of nitrogens with zero attached hydrogens (tertiary/aromatic N) is 4. The molecular formula is C25H29F2N5O2. The Morgan fingerprint density at radius 2 is 2.06 bits per heavy atom. The Balaban J connectivity index is 1.53. The SMILES string of the molecule is C=C(/C=C(F)\C=C(\F)COC)c1c[nH]c2ncc(-c3cnn(C4CCN(CCO)CC4)c3)cc12. The van der Waals surface area contributed by atoms with E-state index in [9.17, 15) is 8.78 Å². The van der Waals surface area contributed by atoms with E-state index in [0.717, 1.165) is 48.5 Å². The molecule has 7 nitrogen and oxygen atoms in total. The molecule has 180 valence electrons. The van der Waals surface area contributed by atoms with Crippen molar-refractivity contribution in [2.45, 2.75) is 18.9 Å². The summed E-state index contributed by atoms with van der Waals surface area (Å²) in [7, 11) is 1.34. The van der Waals surface area contributed by atoms with Gasteiger partial charge in [-0.2, -0.15) is 5.10 Å². The fraction of sp³-hybridized carbons (Fsp3) is 0.360. The molecule has 3 aromatic heterocycles. The molecule has 1 aliphatic heterocycles. The maximum absolute atomic E-state index is 14.2. The van der Waals surface area contributed by atoms with Crippen molar-refractivity contribution in [3.8, 4) is 11.1 Å². The van der Waals surface area contributed by atoms with Crippen LogP contribution in [0.15, 0.2) is 61.2 Å². The minimum Gasteiger partial charge on any atom is -0.395 e. The van der Waals surface area contributed by atoms with E-state index in [-0.39, 0.29) is 13.2 Å². The first kappa shape index (κ1) is 24.0. The van der Waals surface area contributed by atoms with Gasteiger partial charge in [0.15, 0.2) is 0 Å². The Kier molecular flexibility index (Phi) is 7.66. The van der Waals surface area contributed by atoms with Gasteiger partial charge >= 0.3 is 0 Å². The van der Waals surface area contributed by atoms with Crippen LogP contribution in [-0.4, -0.2) is 69.7 Å². The number of aliphatic hydroxyl groups excluding tert-OH is 1. The van der Waals surface area contributed by atoms with E-state index in [1.165, 1.54) is 13.2 Å². The van der Waals surface area contributed by atoms with Crippen LogP contribution in [0.2, 0.25) is 0 Å². The molecule has 4 heterocycles. The smallest absolute Gasteiger partial charge is 0.137 e. The second-order valence-electron chi connectivity index (χ2n) is 8.41. The normalized spacial score (nSPS) is 16.5. The van der Waals surface area contributed by atoms with Crippen LogP contribution in [0.25, 0.3) is 27.7 Å². The van der Waals surface area contributed by atoms with Crippen molar-refractivity contribution in [3.05, 3.63) is 66.8 Å². The van der Waals surface area contributed by atoms with Gasteiger partial charge in [-0.3, -0.25) is 4.68 Å². The standard InChI is InChI=1S/C25H29F2N5O2/c1-17(9-20(26)11-21(27)16-34-2)24-14-29-25-23(24)10-18(12-28-25)19-13-30-32(15-19)22-3-5-31(6-4-22)7-8-33/h9-15,22,33H,1,3-8,16H2,2H3,(H,28,29)/b20-9+,21-11+. The monoisotopic (exact) mass is 469 g/mol. The fourth-order valence-electron chi connectivity index (χ4n) is 4.28. The first-order chi connectivity index (χ1) is 16.5. The number of piperidine rings is 1. The summed E-state index contributed by atoms with van der Waals surface area (Å²) in [5, 5.41) is 14.5. The number of halogens is 2. The molecule has 0 amide bonds. The molecule has 4 rings (SSSR count). The second kappa shape index (κ2) is 10.9. The van der Waals surface area contributed by atoms with Gasteiger partial charge in [0.05, 0.1) is 25.5 Å². The van der Waals surface area contributed by atoms with Gasteiger partial charge in [0.25, 0.3) is 0 Å². The average molecular weight is 470 g/mol. The summed E-state index contributed by atoms with van der Waals surface area (Å²) in [5.41, 5.74) is 3.56. The molecule has 1 fully saturated rings. The number of β-amino-alcohol motifs (C(OH)–C–C–N with tert-alkyl or cyclic N) is 1. The molecule has 1 aliphatic rings. The summed E-state index contributed by atoms with van der Waals surface area (Å²) in [4.78, 5) is 9.84. The lowest BCUT2D eigenvalue weighted by Gasteiger charge is -2.31. The molecule has 0 aliphatic carbocycles. The number of fused-ring (bicyclic) bond motifs is 1. The number of aromatic amines is 1. The molecule has 0 saturated carbocycles. The lowest BCUT2D eigenvalue weighted by Crippen LogP contribution is -2.36. The minimum atomic E-state index is -0.746. The molecule has 0 aromatic carbocycles. The Labute approximate surface area is 197 Å². The van der Waals surface area contributed by atoms with Crippen LogP contribution in [-0.2, 0) is 4.74 Å². The highest BCUT2D eigenvalue weighted by atomic mass is 19.1. The van der Waals surface area contributed by atoms with Gasteiger partial charge in [0.1, 0.15) is 17.3 Å². The van der Waals surface area contributed by atoms with E-state index in [4.69, 9.17) is 5.11 Å². The van der Waals surface area contributed by atoms with E-state index in [1.54, 1.807) is 12.4 Å². The number of likely N-dealkylation sites (tertiary alicyclic amines) is 1. The van der Waals surface area contributed by atoms with E-state index in [2.05, 4.69) is 31.3 Å². The van der Waals surface area contributed by atoms with Crippen molar-refractivity contribution in [1.29, 1.82) is 0 Å². The minimum absolute atomic E-state index is 0.184. The van der Waals surface area contributed by atoms with Crippen LogP contribution in [0.1, 0.15) is 24.4 Å². The van der Waals surface area contributed by atoms with Crippen LogP contribution >= 0.6 is 0 Å². The number of pyridine rings is 1. The van der Waals surface area contributed by atoms with Crippen LogP contribution in [0, 0.1) is 0 Å². The molecule has 0 atom stereocenters. The zero-order valence-corrected chi connectivity index (χ0v) is 19.2. The first-order valence-corrected chi connectivity index (χ1v) is 11.2. The van der Waals surface area contributed by atoms with Crippen molar-refractivity contribution in [2.75, 3.05) is 40.0 Å². The molecule has 34 heavy (non-hydrogen) atoms. The first-order valence-electron chi connectivity index (χ1n) is 11.2. The molecular weight excluding hydrogens is 440 g/mol. The van der Waals surface area contributed by atoms with E-state index < -0.39 is 11.7 Å². The van der Waals surface area contributed by atoms with E-state index >= 15 is 0 Å². The number of hydrogen-bond acceptors (Lipinski definition) is 5. The number of hydrogen-bond donors (Lipinski definition) is 2. The predicted octanol–water partition coefficient (Wildman–Crippen LogP) is 4.42. The maximum Gasteiger partial charge on any atom is 0.137 e. The molecule has 2 N–H and O–H groups in total. The van der Waals surface area contributed by atoms with Gasteiger partial charge in [-0.15, -0.1) is 0 Å². The molecule has 1 saturated heterocycles. The topological polar surface area (TPSA) is 79.2 Å². The number of methoxy groups -OCH3 is 1. The van der Waals surface area contributed by atoms with Crippen LogP contribution < -0.4 is 0 Å². The Morgan fingerprint density at radius 1 is 1.26 bits per heavy atom. The van der Waals surface area contributed by atoms with Crippen molar-refractivity contribution in [3.63, 3.8) is 0 Å². The third-order valence-electron chi connectivity index (χ3n) is 6.05. The molecule has 0 unspecified atom stereocenters. The third-order valence-corrected chi connectivity index (χ3v) is 6.05. The summed E-state index contributed by atoms with van der Waals surface area (Å²) in [6.45, 7) is 6.44. The quantitative estimate of drug-likeness (QED) is 0.454. The summed E-state index contributed by atoms with van der Waals surface area (Å²) < 4.78 is 34.4. The number of H-pyrrole nitrogens is 1. The lowest BCUT2D eigenvalue weighted by atomic mass is 10.0. The summed E-state index contributed by atoms with van der Waals surface area (Å²) in [6, 6.07) is 2.29. The maximum atomic E-state index is 14.2. The number of rotatable bonds is 9. The van der Waals surface area contributed by atoms with Crippen molar-refractivity contribution in [1.82, 2.24) is 24.6 Å². The van der Waals surface area contributed by atoms with Crippen LogP contribution in [0.4, 0.5) is 8.78 Å². The zero-order valence-electron chi connectivity index (χ0n) is 19.2. The molecule has 3 aromatic rings. The number of aromatic nitrogens is 4. The highest BCUT2D eigenvalue weighted by Crippen LogP contribution is 2.30. The Morgan fingerprint density at radius 3 is 2.79 bits per heavy atom. The van der Waals surface area contributed by atoms with Crippen LogP contribution in [0.3, 0.4) is 0 Å². The second-order valence-corrected chi connectivity index (χ2v) is 8.41. The largest absolute Gasteiger partial charge is 0.395 e. The molecule has 9 heteroatoms. The average Bonchev–Trinajstić information content (AvgIpc) is 3.47. The Hall–Kier alpha value is -3.14. The summed E-state index contributed by atoms with van der Waals surface area (Å²) >= 11 is 0. The van der Waals surface area contributed by atoms with E-state index in [1.807, 2.05) is 23.1 Å². The summed E-state index contributed by atoms with van der Waals surface area (Å²) in [5.74, 6) is -1.45. The lowest BCUT2D eigenvalue weighted by molar-refractivity contribution is 0.146. The fourth-order valence-corrected chi connectivity index (χ4v) is 4.28. The van der Waals surface area contributed by atoms with Gasteiger partial charge in [0, 0.05) is 73.5 Å². The van der Waals surface area contributed by atoms with Crippen LogP contribution in [0.5, 0.6) is 0 Å². The van der Waals surface area contributed by atoms with Gasteiger partial charge < -0.3 is 19.7 Å². The highest BCUT2D eigenvalue weighted by Gasteiger charge is 2.21. The summed E-state index contributed by atoms with van der Waals surface area (Å²) in [6.07, 6.45) is 11.3. The molecule has 0 radical (unpaired) electrons. The number of ether oxygens (including phenoxy) is 1. The van der Waals surface area contributed by atoms with E-state index in [0.29, 0.717) is 29.4 Å². The Bertz CT molecular complexity index is 1210. The van der Waals surface area contributed by atoms with Crippen molar-refractivity contribution >= 4 is 16.6 Å². The molecule has 0 bridgehead atoms. The zero-order chi connectivity index (χ0) is 24.1. The van der Waals surface area contributed by atoms with Crippen molar-refractivity contribution in [2.24, 2.45) is 0 Å². The third kappa shape index (κ3) is 5.49. The predicted molar refractivity (Wildman–Crippen MR) is 128 cm³/mol. The highest BCUT2D eigenvalue weighted by molar-refractivity contribution is 5.94. The number of allylic oxidation sites excluding steroid dienone is 4. The number of aliphatic hydroxyl groups is 1. The van der Waals surface area contributed by atoms with Gasteiger partial charge in [-0.1, -0.05) is 6.58 Å². The van der Waals surface area contributed by atoms with Gasteiger partial charge in [0.2, 0.25) is 0 Å². The number of nitrogens with one attached hydrogen (secondary N) is 1. The molecule has 0 spiro atoms. The van der Waals surface area contributed by atoms with Gasteiger partial charge in [-0.05, 0) is 30.6 Å². The van der Waals surface area contributed by atoms with Crippen molar-refractivity contribution < 1.29 is 18.6 Å².